The van der Waals surface area contributed by atoms with Crippen LogP contribution in [0.3, 0.4) is 0 Å². The van der Waals surface area contributed by atoms with Crippen molar-refractivity contribution >= 4 is 5.91 Å². The van der Waals surface area contributed by atoms with Crippen LogP contribution in [-0.2, 0) is 4.79 Å². The standard InChI is InChI=1S/C17H35N3O/c1-5-20(6-2)11-7-8-14(4)19-17(21)16-12-15(18)10-9-13(16)3/h13-16H,5-12,18H2,1-4H3,(H,19,21). The predicted molar refractivity (Wildman–Crippen MR) is 89.1 cm³/mol. The molecule has 3 N–H and O–H groups in total. The van der Waals surface area contributed by atoms with Crippen molar-refractivity contribution in [2.75, 3.05) is 19.6 Å². The van der Waals surface area contributed by atoms with E-state index in [9.17, 15) is 4.79 Å². The van der Waals surface area contributed by atoms with E-state index in [0.717, 1.165) is 51.7 Å². The molecule has 124 valence electrons. The van der Waals surface area contributed by atoms with Gasteiger partial charge in [-0.25, -0.2) is 0 Å². The van der Waals surface area contributed by atoms with Crippen molar-refractivity contribution in [3.8, 4) is 0 Å². The minimum Gasteiger partial charge on any atom is -0.353 e. The van der Waals surface area contributed by atoms with Gasteiger partial charge in [0.2, 0.25) is 5.91 Å². The lowest BCUT2D eigenvalue weighted by molar-refractivity contribution is -0.128. The Morgan fingerprint density at radius 2 is 2.00 bits per heavy atom. The second kappa shape index (κ2) is 9.42. The van der Waals surface area contributed by atoms with Crippen LogP contribution < -0.4 is 11.1 Å². The summed E-state index contributed by atoms with van der Waals surface area (Å²) in [5.74, 6) is 0.791. The predicted octanol–water partition coefficient (Wildman–Crippen LogP) is 2.38. The first-order valence-corrected chi connectivity index (χ1v) is 8.76. The van der Waals surface area contributed by atoms with E-state index in [2.05, 4.69) is 37.9 Å². The summed E-state index contributed by atoms with van der Waals surface area (Å²) in [4.78, 5) is 14.8. The zero-order valence-electron chi connectivity index (χ0n) is 14.4. The molecule has 0 heterocycles. The average molecular weight is 297 g/mol. The Hall–Kier alpha value is -0.610. The van der Waals surface area contributed by atoms with Crippen molar-refractivity contribution in [2.24, 2.45) is 17.6 Å². The molecular weight excluding hydrogens is 262 g/mol. The number of nitrogens with zero attached hydrogens (tertiary/aromatic N) is 1. The van der Waals surface area contributed by atoms with E-state index in [-0.39, 0.29) is 23.9 Å². The molecule has 0 aromatic rings. The molecular formula is C17H35N3O. The maximum Gasteiger partial charge on any atom is 0.223 e. The van der Waals surface area contributed by atoms with Crippen LogP contribution in [0.2, 0.25) is 0 Å². The molecule has 0 bridgehead atoms. The van der Waals surface area contributed by atoms with E-state index in [4.69, 9.17) is 5.73 Å². The molecule has 0 radical (unpaired) electrons. The fourth-order valence-electron chi connectivity index (χ4n) is 3.30. The molecule has 1 aliphatic rings. The maximum atomic E-state index is 12.4. The monoisotopic (exact) mass is 297 g/mol. The van der Waals surface area contributed by atoms with E-state index in [0.29, 0.717) is 5.92 Å². The first-order chi connectivity index (χ1) is 9.97. The van der Waals surface area contributed by atoms with Crippen molar-refractivity contribution < 1.29 is 4.79 Å². The van der Waals surface area contributed by atoms with Crippen molar-refractivity contribution in [1.82, 2.24) is 10.2 Å². The Kier molecular flexibility index (Phi) is 8.27. The lowest BCUT2D eigenvalue weighted by atomic mass is 9.77. The van der Waals surface area contributed by atoms with E-state index in [1.165, 1.54) is 0 Å². The van der Waals surface area contributed by atoms with Crippen molar-refractivity contribution in [1.29, 1.82) is 0 Å². The minimum absolute atomic E-state index is 0.110. The highest BCUT2D eigenvalue weighted by Crippen LogP contribution is 2.29. The first-order valence-electron chi connectivity index (χ1n) is 8.76. The summed E-state index contributed by atoms with van der Waals surface area (Å²) < 4.78 is 0. The number of hydrogen-bond donors (Lipinski definition) is 2. The lowest BCUT2D eigenvalue weighted by Crippen LogP contribution is -2.44. The first kappa shape index (κ1) is 18.4. The molecule has 1 amide bonds. The second-order valence-corrected chi connectivity index (χ2v) is 6.74. The largest absolute Gasteiger partial charge is 0.353 e. The minimum atomic E-state index is 0.110. The topological polar surface area (TPSA) is 58.4 Å². The third-order valence-corrected chi connectivity index (χ3v) is 4.97. The van der Waals surface area contributed by atoms with Gasteiger partial charge < -0.3 is 16.0 Å². The van der Waals surface area contributed by atoms with Crippen molar-refractivity contribution in [2.45, 2.75) is 71.9 Å². The summed E-state index contributed by atoms with van der Waals surface area (Å²) in [6.07, 6.45) is 5.18. The van der Waals surface area contributed by atoms with Gasteiger partial charge in [0.05, 0.1) is 0 Å². The molecule has 4 atom stereocenters. The third-order valence-electron chi connectivity index (χ3n) is 4.97. The van der Waals surface area contributed by atoms with E-state index >= 15 is 0 Å². The smallest absolute Gasteiger partial charge is 0.223 e. The highest BCUT2D eigenvalue weighted by atomic mass is 16.1. The third kappa shape index (κ3) is 6.35. The van der Waals surface area contributed by atoms with Gasteiger partial charge in [0.15, 0.2) is 0 Å². The molecule has 4 nitrogen and oxygen atoms in total. The van der Waals surface area contributed by atoms with Gasteiger partial charge in [0.1, 0.15) is 0 Å². The number of nitrogens with one attached hydrogen (secondary N) is 1. The molecule has 21 heavy (non-hydrogen) atoms. The summed E-state index contributed by atoms with van der Waals surface area (Å²) >= 11 is 0. The fraction of sp³-hybridized carbons (Fsp3) is 0.941. The molecule has 1 aliphatic carbocycles. The summed E-state index contributed by atoms with van der Waals surface area (Å²) in [6, 6.07) is 0.466. The highest BCUT2D eigenvalue weighted by molar-refractivity contribution is 5.79. The summed E-state index contributed by atoms with van der Waals surface area (Å²) in [6.45, 7) is 12.0. The van der Waals surface area contributed by atoms with E-state index < -0.39 is 0 Å². The molecule has 4 heteroatoms. The second-order valence-electron chi connectivity index (χ2n) is 6.74. The van der Waals surface area contributed by atoms with Crippen LogP contribution in [0.4, 0.5) is 0 Å². The Balaban J connectivity index is 2.29. The molecule has 4 unspecified atom stereocenters. The zero-order valence-corrected chi connectivity index (χ0v) is 14.4. The van der Waals surface area contributed by atoms with E-state index in [1.807, 2.05) is 0 Å². The lowest BCUT2D eigenvalue weighted by Gasteiger charge is -2.32. The zero-order chi connectivity index (χ0) is 15.8. The van der Waals surface area contributed by atoms with Crippen LogP contribution in [0, 0.1) is 11.8 Å². The van der Waals surface area contributed by atoms with Gasteiger partial charge in [-0.15, -0.1) is 0 Å². The Bertz CT molecular complexity index is 304. The Labute approximate surface area is 130 Å². The molecule has 1 rings (SSSR count). The molecule has 0 aromatic heterocycles. The number of amides is 1. The fourth-order valence-corrected chi connectivity index (χ4v) is 3.30. The quantitative estimate of drug-likeness (QED) is 0.723. The molecule has 1 fully saturated rings. The number of rotatable bonds is 8. The van der Waals surface area contributed by atoms with Crippen LogP contribution in [-0.4, -0.2) is 42.5 Å². The Morgan fingerprint density at radius 3 is 2.62 bits per heavy atom. The maximum absolute atomic E-state index is 12.4. The molecule has 0 saturated heterocycles. The van der Waals surface area contributed by atoms with Crippen LogP contribution >= 0.6 is 0 Å². The van der Waals surface area contributed by atoms with Gasteiger partial charge in [-0.05, 0) is 64.6 Å². The molecule has 1 saturated carbocycles. The SMILES string of the molecule is CCN(CC)CCCC(C)NC(=O)C1CC(N)CCC1C. The Morgan fingerprint density at radius 1 is 1.33 bits per heavy atom. The van der Waals surface area contributed by atoms with Crippen LogP contribution in [0.25, 0.3) is 0 Å². The van der Waals surface area contributed by atoms with Crippen LogP contribution in [0.5, 0.6) is 0 Å². The normalized spacial score (nSPS) is 27.6. The molecule has 0 aromatic carbocycles. The van der Waals surface area contributed by atoms with Crippen LogP contribution in [0.1, 0.15) is 59.8 Å². The number of carbonyl (C=O) groups is 1. The van der Waals surface area contributed by atoms with Crippen molar-refractivity contribution in [3.63, 3.8) is 0 Å². The summed E-state index contributed by atoms with van der Waals surface area (Å²) in [7, 11) is 0. The number of carbonyl (C=O) groups excluding carboxylic acids is 1. The van der Waals surface area contributed by atoms with Gasteiger partial charge in [0, 0.05) is 18.0 Å². The average Bonchev–Trinajstić information content (AvgIpc) is 2.46. The number of hydrogen-bond acceptors (Lipinski definition) is 3. The van der Waals surface area contributed by atoms with Gasteiger partial charge in [-0.1, -0.05) is 20.8 Å². The van der Waals surface area contributed by atoms with E-state index in [1.54, 1.807) is 0 Å². The van der Waals surface area contributed by atoms with Crippen molar-refractivity contribution in [3.05, 3.63) is 0 Å². The number of nitrogens with two attached hydrogens (primary N) is 1. The summed E-state index contributed by atoms with van der Waals surface area (Å²) in [5, 5.41) is 3.20. The summed E-state index contributed by atoms with van der Waals surface area (Å²) in [5.41, 5.74) is 6.01. The molecule has 0 aliphatic heterocycles. The highest BCUT2D eigenvalue weighted by Gasteiger charge is 2.31. The van der Waals surface area contributed by atoms with Crippen LogP contribution in [0.15, 0.2) is 0 Å². The van der Waals surface area contributed by atoms with Gasteiger partial charge in [-0.2, -0.15) is 0 Å². The van der Waals surface area contributed by atoms with Gasteiger partial charge in [0.25, 0.3) is 0 Å². The van der Waals surface area contributed by atoms with Gasteiger partial charge in [-0.3, -0.25) is 4.79 Å². The molecule has 0 spiro atoms. The van der Waals surface area contributed by atoms with Gasteiger partial charge >= 0.3 is 0 Å².